The molecule has 0 aliphatic carbocycles. The van der Waals surface area contributed by atoms with Crippen molar-refractivity contribution in [3.8, 4) is 28.4 Å². The Bertz CT molecular complexity index is 1560. The van der Waals surface area contributed by atoms with Crippen LogP contribution in [0.15, 0.2) is 112 Å². The van der Waals surface area contributed by atoms with Crippen LogP contribution in [0.25, 0.3) is 22.1 Å². The maximum absolute atomic E-state index is 12.9. The van der Waals surface area contributed by atoms with Crippen molar-refractivity contribution >= 4 is 22.6 Å². The Morgan fingerprint density at radius 2 is 1.51 bits per heavy atom. The zero-order valence-corrected chi connectivity index (χ0v) is 18.9. The molecule has 1 N–H and O–H groups in total. The van der Waals surface area contributed by atoms with Crippen molar-refractivity contribution in [3.05, 3.63) is 119 Å². The molecule has 6 nitrogen and oxygen atoms in total. The summed E-state index contributed by atoms with van der Waals surface area (Å²) in [5.41, 5.74) is 1.91. The van der Waals surface area contributed by atoms with Gasteiger partial charge in [-0.15, -0.1) is 0 Å². The highest BCUT2D eigenvalue weighted by Crippen LogP contribution is 2.28. The van der Waals surface area contributed by atoms with E-state index in [0.29, 0.717) is 22.4 Å². The maximum Gasteiger partial charge on any atom is 0.349 e. The van der Waals surface area contributed by atoms with Gasteiger partial charge in [0.2, 0.25) is 0 Å². The summed E-state index contributed by atoms with van der Waals surface area (Å²) in [7, 11) is 1.49. The molecule has 0 saturated heterocycles. The topological polar surface area (TPSA) is 77.8 Å². The molecule has 4 aromatic carbocycles. The number of fused-ring (bicyclic) bond motifs is 1. The lowest BCUT2D eigenvalue weighted by molar-refractivity contribution is 0.102. The fourth-order valence-corrected chi connectivity index (χ4v) is 3.75. The Kier molecular flexibility index (Phi) is 6.01. The van der Waals surface area contributed by atoms with Crippen molar-refractivity contribution in [2.24, 2.45) is 0 Å². The molecule has 172 valence electrons. The fourth-order valence-electron chi connectivity index (χ4n) is 3.75. The van der Waals surface area contributed by atoms with E-state index in [1.807, 2.05) is 72.8 Å². The van der Waals surface area contributed by atoms with Crippen molar-refractivity contribution in [1.82, 2.24) is 0 Å². The molecule has 35 heavy (non-hydrogen) atoms. The predicted molar refractivity (Wildman–Crippen MR) is 135 cm³/mol. The lowest BCUT2D eigenvalue weighted by Gasteiger charge is -2.10. The van der Waals surface area contributed by atoms with Gasteiger partial charge in [-0.1, -0.05) is 54.6 Å². The molecule has 0 saturated carbocycles. The predicted octanol–water partition coefficient (Wildman–Crippen LogP) is 6.51. The summed E-state index contributed by atoms with van der Waals surface area (Å²) in [6, 6.07) is 31.4. The maximum atomic E-state index is 12.9. The molecule has 0 spiro atoms. The second-order valence-corrected chi connectivity index (χ2v) is 7.80. The number of benzene rings is 4. The van der Waals surface area contributed by atoms with Gasteiger partial charge in [0.05, 0.1) is 7.11 Å². The van der Waals surface area contributed by atoms with Gasteiger partial charge in [0.15, 0.2) is 11.3 Å². The monoisotopic (exact) mass is 463 g/mol. The summed E-state index contributed by atoms with van der Waals surface area (Å²) >= 11 is 0. The molecule has 1 aromatic heterocycles. The average molecular weight is 463 g/mol. The van der Waals surface area contributed by atoms with E-state index < -0.39 is 11.5 Å². The number of nitrogens with one attached hydrogen (secondary N) is 1. The molecule has 1 amide bonds. The summed E-state index contributed by atoms with van der Waals surface area (Å²) in [6.45, 7) is 0. The summed E-state index contributed by atoms with van der Waals surface area (Å²) in [6.07, 6.45) is 0. The average Bonchev–Trinajstić information content (AvgIpc) is 2.89. The standard InChI is InChI=1S/C29H21NO5/c1-33-26-12-6-8-21-18-25(29(32)35-27(21)26)28(31)30-22-9-5-7-20(17-22)19-13-15-24(16-14-19)34-23-10-3-2-4-11-23/h2-18H,1H3,(H,30,31). The van der Waals surface area contributed by atoms with E-state index in [1.54, 1.807) is 24.3 Å². The largest absolute Gasteiger partial charge is 0.493 e. The Hall–Kier alpha value is -4.84. The van der Waals surface area contributed by atoms with Crippen molar-refractivity contribution in [2.45, 2.75) is 0 Å². The lowest BCUT2D eigenvalue weighted by Crippen LogP contribution is -2.20. The quantitative estimate of drug-likeness (QED) is 0.290. The van der Waals surface area contributed by atoms with Crippen molar-refractivity contribution in [3.63, 3.8) is 0 Å². The van der Waals surface area contributed by atoms with Gasteiger partial charge in [0, 0.05) is 11.1 Å². The van der Waals surface area contributed by atoms with E-state index in [4.69, 9.17) is 13.9 Å². The number of methoxy groups -OCH3 is 1. The zero-order chi connectivity index (χ0) is 24.2. The van der Waals surface area contributed by atoms with E-state index in [2.05, 4.69) is 5.32 Å². The summed E-state index contributed by atoms with van der Waals surface area (Å²) in [5.74, 6) is 1.37. The summed E-state index contributed by atoms with van der Waals surface area (Å²) in [4.78, 5) is 25.4. The molecule has 0 unspecified atom stereocenters. The highest BCUT2D eigenvalue weighted by Gasteiger charge is 2.16. The van der Waals surface area contributed by atoms with Crippen molar-refractivity contribution in [2.75, 3.05) is 12.4 Å². The lowest BCUT2D eigenvalue weighted by atomic mass is 10.0. The van der Waals surface area contributed by atoms with Crippen LogP contribution in [0.2, 0.25) is 0 Å². The van der Waals surface area contributed by atoms with Crippen LogP contribution in [0.5, 0.6) is 17.2 Å². The molecule has 0 radical (unpaired) electrons. The van der Waals surface area contributed by atoms with E-state index in [0.717, 1.165) is 22.6 Å². The number of hydrogen-bond donors (Lipinski definition) is 1. The van der Waals surface area contributed by atoms with Crippen molar-refractivity contribution < 1.29 is 18.7 Å². The number of carbonyl (C=O) groups excluding carboxylic acids is 1. The Morgan fingerprint density at radius 1 is 0.771 bits per heavy atom. The highest BCUT2D eigenvalue weighted by molar-refractivity contribution is 6.05. The fraction of sp³-hybridized carbons (Fsp3) is 0.0345. The van der Waals surface area contributed by atoms with E-state index in [1.165, 1.54) is 13.2 Å². The number of amides is 1. The molecule has 0 fully saturated rings. The third-order valence-electron chi connectivity index (χ3n) is 5.48. The summed E-state index contributed by atoms with van der Waals surface area (Å²) < 4.78 is 16.4. The van der Waals surface area contributed by atoms with E-state index >= 15 is 0 Å². The number of rotatable bonds is 6. The van der Waals surface area contributed by atoms with Crippen LogP contribution in [-0.2, 0) is 0 Å². The van der Waals surface area contributed by atoms with Crippen LogP contribution in [0, 0.1) is 0 Å². The molecular formula is C29H21NO5. The van der Waals surface area contributed by atoms with Gasteiger partial charge in [-0.05, 0) is 59.7 Å². The first-order valence-electron chi connectivity index (χ1n) is 11.0. The minimum absolute atomic E-state index is 0.0847. The molecule has 5 aromatic rings. The minimum Gasteiger partial charge on any atom is -0.493 e. The minimum atomic E-state index is -0.732. The first-order valence-corrected chi connectivity index (χ1v) is 11.0. The first kappa shape index (κ1) is 22.0. The third-order valence-corrected chi connectivity index (χ3v) is 5.48. The number of para-hydroxylation sites is 2. The number of carbonyl (C=O) groups is 1. The van der Waals surface area contributed by atoms with Gasteiger partial charge >= 0.3 is 5.63 Å². The van der Waals surface area contributed by atoms with Gasteiger partial charge in [-0.25, -0.2) is 4.79 Å². The van der Waals surface area contributed by atoms with E-state index in [-0.39, 0.29) is 5.56 Å². The van der Waals surface area contributed by atoms with Crippen LogP contribution < -0.4 is 20.4 Å². The molecule has 1 heterocycles. The van der Waals surface area contributed by atoms with Crippen LogP contribution >= 0.6 is 0 Å². The molecule has 5 rings (SSSR count). The Balaban J connectivity index is 1.35. The van der Waals surface area contributed by atoms with Crippen molar-refractivity contribution in [1.29, 1.82) is 0 Å². The SMILES string of the molecule is COc1cccc2cc(C(=O)Nc3cccc(-c4ccc(Oc5ccccc5)cc4)c3)c(=O)oc12. The Morgan fingerprint density at radius 3 is 2.29 bits per heavy atom. The van der Waals surface area contributed by atoms with E-state index in [9.17, 15) is 9.59 Å². The molecule has 6 heteroatoms. The van der Waals surface area contributed by atoms with Crippen LogP contribution in [0.1, 0.15) is 10.4 Å². The Labute approximate surface area is 201 Å². The number of hydrogen-bond acceptors (Lipinski definition) is 5. The van der Waals surface area contributed by atoms with Gasteiger partial charge in [0.25, 0.3) is 5.91 Å². The first-order chi connectivity index (χ1) is 17.1. The van der Waals surface area contributed by atoms with Gasteiger partial charge in [-0.2, -0.15) is 0 Å². The smallest absolute Gasteiger partial charge is 0.349 e. The highest BCUT2D eigenvalue weighted by atomic mass is 16.5. The molecular weight excluding hydrogens is 442 g/mol. The second kappa shape index (κ2) is 9.57. The van der Waals surface area contributed by atoms with Gasteiger partial charge in [-0.3, -0.25) is 4.79 Å². The second-order valence-electron chi connectivity index (χ2n) is 7.80. The van der Waals surface area contributed by atoms with Crippen LogP contribution in [0.4, 0.5) is 5.69 Å². The number of anilines is 1. The van der Waals surface area contributed by atoms with Gasteiger partial charge < -0.3 is 19.2 Å². The molecule has 0 bridgehead atoms. The zero-order valence-electron chi connectivity index (χ0n) is 18.9. The number of ether oxygens (including phenoxy) is 2. The third kappa shape index (κ3) is 4.77. The van der Waals surface area contributed by atoms with Gasteiger partial charge in [0.1, 0.15) is 17.1 Å². The van der Waals surface area contributed by atoms with Crippen LogP contribution in [0.3, 0.4) is 0 Å². The van der Waals surface area contributed by atoms with Crippen LogP contribution in [-0.4, -0.2) is 13.0 Å². The molecule has 0 aliphatic heterocycles. The normalized spacial score (nSPS) is 10.7. The molecule has 0 aliphatic rings. The summed E-state index contributed by atoms with van der Waals surface area (Å²) in [5, 5.41) is 3.39. The molecule has 0 atom stereocenters.